The van der Waals surface area contributed by atoms with Gasteiger partial charge in [0.15, 0.2) is 0 Å². The van der Waals surface area contributed by atoms with Crippen LogP contribution in [0.15, 0.2) is 12.1 Å². The minimum Gasteiger partial charge on any atom is -0.396 e. The number of hydrogen-bond donors (Lipinski definition) is 1. The molecule has 104 valence electrons. The molecule has 0 aromatic heterocycles. The molecule has 2 atom stereocenters. The van der Waals surface area contributed by atoms with Crippen molar-refractivity contribution < 1.29 is 4.79 Å². The topological polar surface area (TPSA) is 46.3 Å². The van der Waals surface area contributed by atoms with E-state index in [2.05, 4.69) is 13.8 Å². The van der Waals surface area contributed by atoms with Crippen molar-refractivity contribution >= 4 is 34.8 Å². The minimum atomic E-state index is -0.0254. The molecular formula is C14H18Cl2N2O. The highest BCUT2D eigenvalue weighted by atomic mass is 35.5. The molecule has 1 aliphatic rings. The molecule has 1 heterocycles. The quantitative estimate of drug-likeness (QED) is 0.804. The van der Waals surface area contributed by atoms with Gasteiger partial charge >= 0.3 is 0 Å². The molecule has 0 spiro atoms. The molecule has 0 saturated carbocycles. The van der Waals surface area contributed by atoms with E-state index in [0.717, 1.165) is 19.5 Å². The largest absolute Gasteiger partial charge is 0.396 e. The maximum atomic E-state index is 12.4. The second-order valence-corrected chi connectivity index (χ2v) is 6.16. The lowest BCUT2D eigenvalue weighted by atomic mass is 9.88. The van der Waals surface area contributed by atoms with Crippen LogP contribution >= 0.6 is 23.2 Å². The molecule has 1 saturated heterocycles. The Morgan fingerprint density at radius 3 is 2.37 bits per heavy atom. The molecule has 0 radical (unpaired) electrons. The summed E-state index contributed by atoms with van der Waals surface area (Å²) in [4.78, 5) is 14.3. The van der Waals surface area contributed by atoms with E-state index in [1.165, 1.54) is 0 Å². The molecule has 1 aromatic rings. The fourth-order valence-electron chi connectivity index (χ4n) is 2.34. The zero-order valence-electron chi connectivity index (χ0n) is 11.1. The van der Waals surface area contributed by atoms with Crippen molar-refractivity contribution in [3.05, 3.63) is 27.7 Å². The number of benzene rings is 1. The first kappa shape index (κ1) is 14.5. The van der Waals surface area contributed by atoms with Gasteiger partial charge in [-0.25, -0.2) is 0 Å². The number of nitrogens with zero attached hydrogens (tertiary/aromatic N) is 1. The number of nitrogen functional groups attached to an aromatic ring is 1. The van der Waals surface area contributed by atoms with Gasteiger partial charge in [0.25, 0.3) is 5.91 Å². The first-order chi connectivity index (χ1) is 8.90. The fraction of sp³-hybridized carbons (Fsp3) is 0.500. The summed E-state index contributed by atoms with van der Waals surface area (Å²) in [5.74, 6) is 1.14. The number of likely N-dealkylation sites (tertiary alicyclic amines) is 1. The van der Waals surface area contributed by atoms with Crippen LogP contribution in [0.2, 0.25) is 10.0 Å². The molecule has 0 bridgehead atoms. The van der Waals surface area contributed by atoms with Crippen molar-refractivity contribution in [1.82, 2.24) is 4.90 Å². The summed E-state index contributed by atoms with van der Waals surface area (Å²) in [6.07, 6.45) is 1.03. The third-order valence-electron chi connectivity index (χ3n) is 3.95. The van der Waals surface area contributed by atoms with Gasteiger partial charge in [0.1, 0.15) is 0 Å². The first-order valence-electron chi connectivity index (χ1n) is 6.44. The maximum Gasteiger partial charge on any atom is 0.253 e. The molecule has 19 heavy (non-hydrogen) atoms. The summed E-state index contributed by atoms with van der Waals surface area (Å²) in [6, 6.07) is 3.18. The van der Waals surface area contributed by atoms with Crippen molar-refractivity contribution in [2.24, 2.45) is 11.8 Å². The molecule has 2 rings (SSSR count). The smallest absolute Gasteiger partial charge is 0.253 e. The van der Waals surface area contributed by atoms with Gasteiger partial charge in [0, 0.05) is 18.7 Å². The average molecular weight is 301 g/mol. The number of nitrogens with two attached hydrogens (primary N) is 1. The lowest BCUT2D eigenvalue weighted by molar-refractivity contribution is 0.0627. The molecule has 5 heteroatoms. The Morgan fingerprint density at radius 2 is 1.84 bits per heavy atom. The highest BCUT2D eigenvalue weighted by molar-refractivity contribution is 6.39. The molecule has 1 amide bonds. The number of carbonyl (C=O) groups is 1. The van der Waals surface area contributed by atoms with E-state index < -0.39 is 0 Å². The average Bonchev–Trinajstić information content (AvgIpc) is 2.37. The van der Waals surface area contributed by atoms with Gasteiger partial charge in [-0.15, -0.1) is 0 Å². The first-order valence-corrected chi connectivity index (χ1v) is 7.19. The number of amides is 1. The van der Waals surface area contributed by atoms with Gasteiger partial charge in [-0.1, -0.05) is 37.0 Å². The molecule has 3 nitrogen and oxygen atoms in total. The lowest BCUT2D eigenvalue weighted by Gasteiger charge is -2.35. The van der Waals surface area contributed by atoms with Crippen molar-refractivity contribution in [1.29, 1.82) is 0 Å². The molecular weight excluding hydrogens is 283 g/mol. The standard InChI is InChI=1S/C14H18Cl2N2O/c1-8-3-4-18(7-9(8)2)14(19)10-5-11(15)13(17)12(16)6-10/h5-6,8-9H,3-4,7,17H2,1-2H3. The monoisotopic (exact) mass is 300 g/mol. The van der Waals surface area contributed by atoms with Crippen LogP contribution in [-0.2, 0) is 0 Å². The van der Waals surface area contributed by atoms with Gasteiger partial charge in [-0.2, -0.15) is 0 Å². The Balaban J connectivity index is 2.20. The van der Waals surface area contributed by atoms with E-state index in [-0.39, 0.29) is 5.91 Å². The summed E-state index contributed by atoms with van der Waals surface area (Å²) in [5.41, 5.74) is 6.51. The van der Waals surface area contributed by atoms with Crippen LogP contribution in [-0.4, -0.2) is 23.9 Å². The SMILES string of the molecule is CC1CCN(C(=O)c2cc(Cl)c(N)c(Cl)c2)CC1C. The molecule has 2 unspecified atom stereocenters. The van der Waals surface area contributed by atoms with Crippen molar-refractivity contribution in [2.45, 2.75) is 20.3 Å². The van der Waals surface area contributed by atoms with Gasteiger partial charge < -0.3 is 10.6 Å². The fourth-order valence-corrected chi connectivity index (χ4v) is 2.82. The van der Waals surface area contributed by atoms with E-state index >= 15 is 0 Å². The van der Waals surface area contributed by atoms with E-state index in [1.54, 1.807) is 12.1 Å². The normalized spacial score (nSPS) is 23.5. The van der Waals surface area contributed by atoms with Gasteiger partial charge in [-0.3, -0.25) is 4.79 Å². The number of piperidine rings is 1. The van der Waals surface area contributed by atoms with Crippen LogP contribution < -0.4 is 5.73 Å². The zero-order chi connectivity index (χ0) is 14.2. The molecule has 0 aliphatic carbocycles. The number of carbonyl (C=O) groups excluding carboxylic acids is 1. The zero-order valence-corrected chi connectivity index (χ0v) is 12.6. The van der Waals surface area contributed by atoms with E-state index in [0.29, 0.717) is 33.1 Å². The Kier molecular flexibility index (Phi) is 4.26. The maximum absolute atomic E-state index is 12.4. The highest BCUT2D eigenvalue weighted by Gasteiger charge is 2.27. The second-order valence-electron chi connectivity index (χ2n) is 5.35. The van der Waals surface area contributed by atoms with Gasteiger partial charge in [0.05, 0.1) is 15.7 Å². The number of halogens is 2. The lowest BCUT2D eigenvalue weighted by Crippen LogP contribution is -2.42. The third-order valence-corrected chi connectivity index (χ3v) is 4.57. The van der Waals surface area contributed by atoms with Crippen LogP contribution in [0, 0.1) is 11.8 Å². The number of hydrogen-bond acceptors (Lipinski definition) is 2. The molecule has 1 fully saturated rings. The Bertz CT molecular complexity index is 481. The summed E-state index contributed by atoms with van der Waals surface area (Å²) in [7, 11) is 0. The van der Waals surface area contributed by atoms with E-state index in [1.807, 2.05) is 4.90 Å². The summed E-state index contributed by atoms with van der Waals surface area (Å²) >= 11 is 11.9. The Labute approximate surface area is 123 Å². The van der Waals surface area contributed by atoms with Crippen LogP contribution in [0.1, 0.15) is 30.6 Å². The molecule has 1 aromatic carbocycles. The molecule has 2 N–H and O–H groups in total. The van der Waals surface area contributed by atoms with Crippen LogP contribution in [0.3, 0.4) is 0 Å². The number of rotatable bonds is 1. The van der Waals surface area contributed by atoms with Crippen molar-refractivity contribution in [3.8, 4) is 0 Å². The van der Waals surface area contributed by atoms with Crippen LogP contribution in [0.5, 0.6) is 0 Å². The Hall–Kier alpha value is -0.930. The second kappa shape index (κ2) is 5.59. The highest BCUT2D eigenvalue weighted by Crippen LogP contribution is 2.30. The van der Waals surface area contributed by atoms with Crippen molar-refractivity contribution in [2.75, 3.05) is 18.8 Å². The number of anilines is 1. The van der Waals surface area contributed by atoms with E-state index in [4.69, 9.17) is 28.9 Å². The predicted molar refractivity (Wildman–Crippen MR) is 79.7 cm³/mol. The van der Waals surface area contributed by atoms with Crippen LogP contribution in [0.25, 0.3) is 0 Å². The van der Waals surface area contributed by atoms with Crippen molar-refractivity contribution in [3.63, 3.8) is 0 Å². The molecule has 1 aliphatic heterocycles. The summed E-state index contributed by atoms with van der Waals surface area (Å²) in [6.45, 7) is 5.96. The van der Waals surface area contributed by atoms with Crippen LogP contribution in [0.4, 0.5) is 5.69 Å². The third kappa shape index (κ3) is 2.98. The minimum absolute atomic E-state index is 0.0254. The summed E-state index contributed by atoms with van der Waals surface area (Å²) < 4.78 is 0. The predicted octanol–water partition coefficient (Wildman–Crippen LogP) is 3.69. The Morgan fingerprint density at radius 1 is 1.26 bits per heavy atom. The summed E-state index contributed by atoms with van der Waals surface area (Å²) in [5, 5.41) is 0.656. The van der Waals surface area contributed by atoms with E-state index in [9.17, 15) is 4.79 Å². The van der Waals surface area contributed by atoms with Gasteiger partial charge in [0.2, 0.25) is 0 Å². The van der Waals surface area contributed by atoms with Gasteiger partial charge in [-0.05, 0) is 30.4 Å².